The molecule has 2 N–H and O–H groups in total. The fourth-order valence-corrected chi connectivity index (χ4v) is 3.41. The molecular weight excluding hydrogens is 409 g/mol. The SMILES string of the molecule is CCCCCCCc1ccc(OC(C)C(=O)Nc2cc(Cl)c(C)c(Cl)c2O)cc1. The van der Waals surface area contributed by atoms with Crippen LogP contribution in [0.25, 0.3) is 0 Å². The Morgan fingerprint density at radius 1 is 1.14 bits per heavy atom. The third kappa shape index (κ3) is 6.83. The van der Waals surface area contributed by atoms with Crippen molar-refractivity contribution in [1.29, 1.82) is 0 Å². The summed E-state index contributed by atoms with van der Waals surface area (Å²) < 4.78 is 5.73. The number of amides is 1. The maximum absolute atomic E-state index is 12.4. The van der Waals surface area contributed by atoms with Gasteiger partial charge in [0.1, 0.15) is 5.75 Å². The van der Waals surface area contributed by atoms with E-state index in [0.29, 0.717) is 16.3 Å². The van der Waals surface area contributed by atoms with Crippen molar-refractivity contribution in [2.24, 2.45) is 0 Å². The van der Waals surface area contributed by atoms with E-state index < -0.39 is 12.0 Å². The first-order valence-electron chi connectivity index (χ1n) is 10.1. The number of benzene rings is 2. The van der Waals surface area contributed by atoms with Crippen LogP contribution >= 0.6 is 23.2 Å². The number of aryl methyl sites for hydroxylation is 1. The maximum Gasteiger partial charge on any atom is 0.265 e. The molecule has 158 valence electrons. The zero-order valence-corrected chi connectivity index (χ0v) is 18.7. The predicted octanol–water partition coefficient (Wildman–Crippen LogP) is 6.93. The number of carbonyl (C=O) groups is 1. The fourth-order valence-electron chi connectivity index (χ4n) is 2.96. The minimum atomic E-state index is -0.756. The largest absolute Gasteiger partial charge is 0.504 e. The number of carbonyl (C=O) groups excluding carboxylic acids is 1. The second kappa shape index (κ2) is 11.3. The molecular formula is C23H29Cl2NO3. The number of phenolic OH excluding ortho intramolecular Hbond substituents is 1. The molecule has 1 amide bonds. The predicted molar refractivity (Wildman–Crippen MR) is 120 cm³/mol. The number of unbranched alkanes of at least 4 members (excludes halogenated alkanes) is 4. The van der Waals surface area contributed by atoms with E-state index in [1.165, 1.54) is 43.7 Å². The monoisotopic (exact) mass is 437 g/mol. The minimum Gasteiger partial charge on any atom is -0.504 e. The summed E-state index contributed by atoms with van der Waals surface area (Å²) in [6.45, 7) is 5.55. The number of nitrogens with one attached hydrogen (secondary N) is 1. The Labute approximate surface area is 183 Å². The number of ether oxygens (including phenoxy) is 1. The number of phenols is 1. The second-order valence-electron chi connectivity index (χ2n) is 7.25. The van der Waals surface area contributed by atoms with Crippen LogP contribution in [0.4, 0.5) is 5.69 Å². The van der Waals surface area contributed by atoms with Gasteiger partial charge in [-0.1, -0.05) is 67.9 Å². The average Bonchev–Trinajstić information content (AvgIpc) is 2.71. The van der Waals surface area contributed by atoms with Crippen molar-refractivity contribution < 1.29 is 14.6 Å². The highest BCUT2D eigenvalue weighted by atomic mass is 35.5. The van der Waals surface area contributed by atoms with Gasteiger partial charge in [0.2, 0.25) is 0 Å². The molecule has 0 saturated heterocycles. The van der Waals surface area contributed by atoms with Crippen LogP contribution in [0.1, 0.15) is 57.1 Å². The lowest BCUT2D eigenvalue weighted by molar-refractivity contribution is -0.122. The van der Waals surface area contributed by atoms with E-state index in [1.54, 1.807) is 13.8 Å². The van der Waals surface area contributed by atoms with E-state index in [2.05, 4.69) is 12.2 Å². The van der Waals surface area contributed by atoms with Gasteiger partial charge in [0, 0.05) is 5.02 Å². The van der Waals surface area contributed by atoms with Gasteiger partial charge in [0.05, 0.1) is 10.7 Å². The van der Waals surface area contributed by atoms with Crippen LogP contribution in [-0.2, 0) is 11.2 Å². The zero-order valence-electron chi connectivity index (χ0n) is 17.2. The lowest BCUT2D eigenvalue weighted by atomic mass is 10.1. The van der Waals surface area contributed by atoms with E-state index in [1.807, 2.05) is 24.3 Å². The van der Waals surface area contributed by atoms with Gasteiger partial charge in [0.25, 0.3) is 5.91 Å². The van der Waals surface area contributed by atoms with Crippen LogP contribution in [0.2, 0.25) is 10.0 Å². The van der Waals surface area contributed by atoms with Gasteiger partial charge >= 0.3 is 0 Å². The highest BCUT2D eigenvalue weighted by Crippen LogP contribution is 2.38. The lowest BCUT2D eigenvalue weighted by Gasteiger charge is -2.17. The Morgan fingerprint density at radius 2 is 1.79 bits per heavy atom. The first-order valence-corrected chi connectivity index (χ1v) is 10.8. The summed E-state index contributed by atoms with van der Waals surface area (Å²) in [7, 11) is 0. The molecule has 2 aromatic carbocycles. The second-order valence-corrected chi connectivity index (χ2v) is 8.04. The standard InChI is InChI=1S/C23H29Cl2NO3/c1-4-5-6-7-8-9-17-10-12-18(13-11-17)29-16(3)23(28)26-20-14-19(24)15(2)21(25)22(20)27/h10-14,16,27H,4-9H2,1-3H3,(H,26,28). The molecule has 2 rings (SSSR count). The van der Waals surface area contributed by atoms with Gasteiger partial charge in [-0.3, -0.25) is 4.79 Å². The van der Waals surface area contributed by atoms with Gasteiger partial charge in [-0.2, -0.15) is 0 Å². The van der Waals surface area contributed by atoms with Crippen molar-refractivity contribution in [1.82, 2.24) is 0 Å². The first kappa shape index (κ1) is 23.4. The Hall–Kier alpha value is -1.91. The molecule has 29 heavy (non-hydrogen) atoms. The van der Waals surface area contributed by atoms with Crippen LogP contribution in [-0.4, -0.2) is 17.1 Å². The number of halogens is 2. The topological polar surface area (TPSA) is 58.6 Å². The van der Waals surface area contributed by atoms with E-state index in [-0.39, 0.29) is 16.5 Å². The van der Waals surface area contributed by atoms with E-state index in [0.717, 1.165) is 6.42 Å². The van der Waals surface area contributed by atoms with Gasteiger partial charge < -0.3 is 15.2 Å². The van der Waals surface area contributed by atoms with Crippen molar-refractivity contribution in [2.45, 2.75) is 65.4 Å². The van der Waals surface area contributed by atoms with Crippen LogP contribution < -0.4 is 10.1 Å². The third-order valence-corrected chi connectivity index (χ3v) is 5.71. The highest BCUT2D eigenvalue weighted by molar-refractivity contribution is 6.37. The molecule has 0 aliphatic rings. The summed E-state index contributed by atoms with van der Waals surface area (Å²) in [5, 5.41) is 13.2. The molecule has 0 radical (unpaired) electrons. The quantitative estimate of drug-likeness (QED) is 0.313. The summed E-state index contributed by atoms with van der Waals surface area (Å²) >= 11 is 12.1. The van der Waals surface area contributed by atoms with Crippen LogP contribution in [0.5, 0.6) is 11.5 Å². The molecule has 0 aliphatic heterocycles. The van der Waals surface area contributed by atoms with Gasteiger partial charge in [-0.05, 0) is 56.0 Å². The first-order chi connectivity index (χ1) is 13.8. The van der Waals surface area contributed by atoms with Crippen molar-refractivity contribution in [3.8, 4) is 11.5 Å². The van der Waals surface area contributed by atoms with Crippen molar-refractivity contribution >= 4 is 34.8 Å². The number of hydrogen-bond donors (Lipinski definition) is 2. The molecule has 2 aromatic rings. The van der Waals surface area contributed by atoms with Crippen molar-refractivity contribution in [3.05, 3.63) is 51.5 Å². The lowest BCUT2D eigenvalue weighted by Crippen LogP contribution is -2.30. The Morgan fingerprint density at radius 3 is 2.45 bits per heavy atom. The van der Waals surface area contributed by atoms with Crippen molar-refractivity contribution in [2.75, 3.05) is 5.32 Å². The molecule has 6 heteroatoms. The van der Waals surface area contributed by atoms with Gasteiger partial charge in [-0.25, -0.2) is 0 Å². The van der Waals surface area contributed by atoms with E-state index >= 15 is 0 Å². The Balaban J connectivity index is 1.90. The molecule has 0 aromatic heterocycles. The molecule has 1 atom stereocenters. The van der Waals surface area contributed by atoms with Gasteiger partial charge in [-0.15, -0.1) is 0 Å². The summed E-state index contributed by atoms with van der Waals surface area (Å²) in [5.74, 6) is 0.000249. The molecule has 0 fully saturated rings. The van der Waals surface area contributed by atoms with Crippen LogP contribution in [0.15, 0.2) is 30.3 Å². The zero-order chi connectivity index (χ0) is 21.4. The Kier molecular flexibility index (Phi) is 9.12. The summed E-state index contributed by atoms with van der Waals surface area (Å²) in [6, 6.07) is 9.29. The molecule has 0 heterocycles. The highest BCUT2D eigenvalue weighted by Gasteiger charge is 2.19. The maximum atomic E-state index is 12.4. The summed E-state index contributed by atoms with van der Waals surface area (Å²) in [6.07, 6.45) is 6.57. The molecule has 4 nitrogen and oxygen atoms in total. The summed E-state index contributed by atoms with van der Waals surface area (Å²) in [5.41, 5.74) is 1.97. The third-order valence-electron chi connectivity index (χ3n) is 4.85. The fraction of sp³-hybridized carbons (Fsp3) is 0.435. The van der Waals surface area contributed by atoms with Crippen LogP contribution in [0, 0.1) is 6.92 Å². The molecule has 0 spiro atoms. The number of rotatable bonds is 10. The number of anilines is 1. The van der Waals surface area contributed by atoms with E-state index in [9.17, 15) is 9.90 Å². The van der Waals surface area contributed by atoms with Gasteiger partial charge in [0.15, 0.2) is 11.9 Å². The molecule has 1 unspecified atom stereocenters. The number of hydrogen-bond acceptors (Lipinski definition) is 3. The van der Waals surface area contributed by atoms with Crippen LogP contribution in [0.3, 0.4) is 0 Å². The minimum absolute atomic E-state index is 0.117. The summed E-state index contributed by atoms with van der Waals surface area (Å²) in [4.78, 5) is 12.4. The molecule has 0 aliphatic carbocycles. The van der Waals surface area contributed by atoms with Crippen molar-refractivity contribution in [3.63, 3.8) is 0 Å². The normalized spacial score (nSPS) is 11.9. The van der Waals surface area contributed by atoms with E-state index in [4.69, 9.17) is 27.9 Å². The molecule has 0 saturated carbocycles. The Bertz CT molecular complexity index is 822. The molecule has 0 bridgehead atoms. The average molecular weight is 438 g/mol. The smallest absolute Gasteiger partial charge is 0.265 e. The number of aromatic hydroxyl groups is 1.